The van der Waals surface area contributed by atoms with Gasteiger partial charge in [0.2, 0.25) is 0 Å². The van der Waals surface area contributed by atoms with Gasteiger partial charge >= 0.3 is 0 Å². The third-order valence-electron chi connectivity index (χ3n) is 3.29. The van der Waals surface area contributed by atoms with Crippen LogP contribution in [0, 0.1) is 25.2 Å². The molecule has 0 fully saturated rings. The molecule has 0 aliphatic rings. The quantitative estimate of drug-likeness (QED) is 0.765. The van der Waals surface area contributed by atoms with Crippen molar-refractivity contribution in [2.75, 3.05) is 13.2 Å². The van der Waals surface area contributed by atoms with Crippen molar-refractivity contribution in [3.8, 4) is 11.8 Å². The van der Waals surface area contributed by atoms with E-state index in [9.17, 15) is 0 Å². The highest BCUT2D eigenvalue weighted by atomic mass is 16.5. The lowest BCUT2D eigenvalue weighted by Gasteiger charge is -2.22. The predicted octanol–water partition coefficient (Wildman–Crippen LogP) is 3.35. The Morgan fingerprint density at radius 3 is 2.47 bits per heavy atom. The van der Waals surface area contributed by atoms with E-state index in [0.29, 0.717) is 6.61 Å². The Kier molecular flexibility index (Phi) is 5.85. The van der Waals surface area contributed by atoms with Gasteiger partial charge in [-0.2, -0.15) is 5.26 Å². The summed E-state index contributed by atoms with van der Waals surface area (Å²) in [7, 11) is 0. The number of aryl methyl sites for hydroxylation is 2. The zero-order valence-electron chi connectivity index (χ0n) is 12.4. The van der Waals surface area contributed by atoms with E-state index in [1.807, 2.05) is 19.9 Å². The fourth-order valence-electron chi connectivity index (χ4n) is 2.20. The number of nitriles is 1. The fourth-order valence-corrected chi connectivity index (χ4v) is 2.20. The summed E-state index contributed by atoms with van der Waals surface area (Å²) in [5.41, 5.74) is 1.88. The number of ether oxygens (including phenoxy) is 1. The largest absolute Gasteiger partial charge is 0.493 e. The van der Waals surface area contributed by atoms with Gasteiger partial charge in [-0.05, 0) is 51.3 Å². The second kappa shape index (κ2) is 7.16. The standard InChI is InChI=1S/C16H24N2O/c1-5-18-16(4,12-17)10-7-11-19-15-13(2)8-6-9-14(15)3/h6,8-9,18H,5,7,10-11H2,1-4H3. The van der Waals surface area contributed by atoms with Crippen LogP contribution in [0.4, 0.5) is 0 Å². The highest BCUT2D eigenvalue weighted by molar-refractivity contribution is 5.39. The van der Waals surface area contributed by atoms with Gasteiger partial charge in [-0.3, -0.25) is 5.32 Å². The fraction of sp³-hybridized carbons (Fsp3) is 0.562. The maximum atomic E-state index is 9.17. The first-order valence-corrected chi connectivity index (χ1v) is 6.87. The molecule has 1 rings (SSSR count). The summed E-state index contributed by atoms with van der Waals surface area (Å²) in [6.45, 7) is 9.52. The van der Waals surface area contributed by atoms with Gasteiger partial charge in [0.05, 0.1) is 12.7 Å². The molecule has 0 amide bonds. The molecule has 0 saturated carbocycles. The summed E-state index contributed by atoms with van der Waals surface area (Å²) in [5, 5.41) is 12.4. The molecule has 0 radical (unpaired) electrons. The number of benzene rings is 1. The lowest BCUT2D eigenvalue weighted by molar-refractivity contribution is 0.283. The molecule has 1 N–H and O–H groups in total. The molecule has 1 aromatic carbocycles. The molecular weight excluding hydrogens is 236 g/mol. The zero-order valence-corrected chi connectivity index (χ0v) is 12.4. The maximum absolute atomic E-state index is 9.17. The Morgan fingerprint density at radius 2 is 1.95 bits per heavy atom. The summed E-state index contributed by atoms with van der Waals surface area (Å²) in [6.07, 6.45) is 1.66. The van der Waals surface area contributed by atoms with Crippen molar-refractivity contribution in [3.05, 3.63) is 29.3 Å². The Morgan fingerprint density at radius 1 is 1.32 bits per heavy atom. The first-order valence-electron chi connectivity index (χ1n) is 6.87. The predicted molar refractivity (Wildman–Crippen MR) is 78.3 cm³/mol. The molecule has 1 atom stereocenters. The molecule has 0 spiro atoms. The number of nitrogens with one attached hydrogen (secondary N) is 1. The van der Waals surface area contributed by atoms with Crippen molar-refractivity contribution in [1.29, 1.82) is 5.26 Å². The number of rotatable bonds is 7. The van der Waals surface area contributed by atoms with Crippen LogP contribution in [0.15, 0.2) is 18.2 Å². The molecule has 3 heteroatoms. The highest BCUT2D eigenvalue weighted by Gasteiger charge is 2.21. The van der Waals surface area contributed by atoms with Crippen molar-refractivity contribution >= 4 is 0 Å². The topological polar surface area (TPSA) is 45.0 Å². The monoisotopic (exact) mass is 260 g/mol. The van der Waals surface area contributed by atoms with Crippen LogP contribution in [0.3, 0.4) is 0 Å². The highest BCUT2D eigenvalue weighted by Crippen LogP contribution is 2.23. The zero-order chi connectivity index (χ0) is 14.3. The van der Waals surface area contributed by atoms with E-state index < -0.39 is 5.54 Å². The molecule has 0 bridgehead atoms. The SMILES string of the molecule is CCNC(C)(C#N)CCCOc1c(C)cccc1C. The second-order valence-electron chi connectivity index (χ2n) is 5.15. The van der Waals surface area contributed by atoms with Gasteiger partial charge in [0.1, 0.15) is 11.3 Å². The Bertz CT molecular complexity index is 430. The Labute approximate surface area is 116 Å². The van der Waals surface area contributed by atoms with Crippen molar-refractivity contribution < 1.29 is 4.74 Å². The molecular formula is C16H24N2O. The van der Waals surface area contributed by atoms with Gasteiger partial charge in [0.25, 0.3) is 0 Å². The molecule has 1 unspecified atom stereocenters. The minimum Gasteiger partial charge on any atom is -0.493 e. The number of nitrogens with zero attached hydrogens (tertiary/aromatic N) is 1. The molecule has 0 aromatic heterocycles. The average molecular weight is 260 g/mol. The van der Waals surface area contributed by atoms with Crippen molar-refractivity contribution in [3.63, 3.8) is 0 Å². The molecule has 0 aliphatic heterocycles. The second-order valence-corrected chi connectivity index (χ2v) is 5.15. The van der Waals surface area contributed by atoms with Crippen LogP contribution < -0.4 is 10.1 Å². The number of hydrogen-bond donors (Lipinski definition) is 1. The van der Waals surface area contributed by atoms with E-state index in [2.05, 4.69) is 37.4 Å². The van der Waals surface area contributed by atoms with Crippen LogP contribution in [0.25, 0.3) is 0 Å². The van der Waals surface area contributed by atoms with Crippen molar-refractivity contribution in [2.45, 2.75) is 46.1 Å². The van der Waals surface area contributed by atoms with Gasteiger partial charge in [-0.25, -0.2) is 0 Å². The number of para-hydroxylation sites is 1. The van der Waals surface area contributed by atoms with Gasteiger partial charge in [-0.1, -0.05) is 25.1 Å². The van der Waals surface area contributed by atoms with E-state index in [1.165, 1.54) is 0 Å². The first kappa shape index (κ1) is 15.5. The first-order chi connectivity index (χ1) is 9.02. The molecule has 3 nitrogen and oxygen atoms in total. The number of hydrogen-bond acceptors (Lipinski definition) is 3. The Balaban J connectivity index is 2.45. The third kappa shape index (κ3) is 4.57. The Hall–Kier alpha value is -1.53. The van der Waals surface area contributed by atoms with Crippen LogP contribution in [0.2, 0.25) is 0 Å². The average Bonchev–Trinajstić information content (AvgIpc) is 2.38. The molecule has 104 valence electrons. The van der Waals surface area contributed by atoms with Crippen LogP contribution in [0.1, 0.15) is 37.8 Å². The van der Waals surface area contributed by atoms with E-state index in [1.54, 1.807) is 0 Å². The van der Waals surface area contributed by atoms with Crippen LogP contribution in [0.5, 0.6) is 5.75 Å². The normalized spacial score (nSPS) is 13.6. The molecule has 19 heavy (non-hydrogen) atoms. The summed E-state index contributed by atoms with van der Waals surface area (Å²) in [5.74, 6) is 0.976. The van der Waals surface area contributed by atoms with Gasteiger partial charge in [-0.15, -0.1) is 0 Å². The summed E-state index contributed by atoms with van der Waals surface area (Å²) < 4.78 is 5.85. The maximum Gasteiger partial charge on any atom is 0.125 e. The molecule has 1 aromatic rings. The van der Waals surface area contributed by atoms with E-state index in [4.69, 9.17) is 10.00 Å². The minimum atomic E-state index is -0.446. The molecule has 0 heterocycles. The third-order valence-corrected chi connectivity index (χ3v) is 3.29. The smallest absolute Gasteiger partial charge is 0.125 e. The van der Waals surface area contributed by atoms with Crippen LogP contribution in [-0.2, 0) is 0 Å². The lowest BCUT2D eigenvalue weighted by Crippen LogP contribution is -2.40. The van der Waals surface area contributed by atoms with Crippen LogP contribution in [-0.4, -0.2) is 18.7 Å². The van der Waals surface area contributed by atoms with Crippen molar-refractivity contribution in [2.24, 2.45) is 0 Å². The van der Waals surface area contributed by atoms with E-state index >= 15 is 0 Å². The molecule has 0 saturated heterocycles. The minimum absolute atomic E-state index is 0.446. The summed E-state index contributed by atoms with van der Waals surface area (Å²) in [4.78, 5) is 0. The van der Waals surface area contributed by atoms with E-state index in [-0.39, 0.29) is 0 Å². The van der Waals surface area contributed by atoms with Crippen molar-refractivity contribution in [1.82, 2.24) is 5.32 Å². The summed E-state index contributed by atoms with van der Waals surface area (Å²) >= 11 is 0. The lowest BCUT2D eigenvalue weighted by atomic mass is 9.98. The van der Waals surface area contributed by atoms with Gasteiger partial charge in [0, 0.05) is 0 Å². The molecule has 0 aliphatic carbocycles. The van der Waals surface area contributed by atoms with Gasteiger partial charge < -0.3 is 4.74 Å². The van der Waals surface area contributed by atoms with Crippen LogP contribution >= 0.6 is 0 Å². The van der Waals surface area contributed by atoms with Gasteiger partial charge in [0.15, 0.2) is 0 Å². The van der Waals surface area contributed by atoms with E-state index in [0.717, 1.165) is 36.3 Å². The summed E-state index contributed by atoms with van der Waals surface area (Å²) in [6, 6.07) is 8.48.